The Balaban J connectivity index is 2.55. The summed E-state index contributed by atoms with van der Waals surface area (Å²) < 4.78 is 5.21. The number of benzene rings is 1. The van der Waals surface area contributed by atoms with Gasteiger partial charge in [0.25, 0.3) is 0 Å². The smallest absolute Gasteiger partial charge is 0.119 e. The first-order valence-electron chi connectivity index (χ1n) is 5.71. The van der Waals surface area contributed by atoms with Crippen LogP contribution >= 0.6 is 11.6 Å². The Morgan fingerprint density at radius 1 is 1.38 bits per heavy atom. The Morgan fingerprint density at radius 2 is 2.19 bits per heavy atom. The van der Waals surface area contributed by atoms with E-state index in [1.807, 2.05) is 12.1 Å². The fraction of sp³-hybridized carbons (Fsp3) is 0.538. The first kappa shape index (κ1) is 13.3. The molecule has 16 heavy (non-hydrogen) atoms. The van der Waals surface area contributed by atoms with Crippen LogP contribution in [0, 0.1) is 0 Å². The largest absolute Gasteiger partial charge is 0.497 e. The van der Waals surface area contributed by atoms with Crippen LogP contribution in [-0.2, 0) is 6.54 Å². The highest BCUT2D eigenvalue weighted by Gasteiger charge is 2.03. The summed E-state index contributed by atoms with van der Waals surface area (Å²) in [5.41, 5.74) is 1.29. The lowest BCUT2D eigenvalue weighted by Gasteiger charge is -2.20. The van der Waals surface area contributed by atoms with E-state index in [1.165, 1.54) is 5.56 Å². The number of nitrogens with zero attached hydrogens (tertiary/aromatic N) is 1. The van der Waals surface area contributed by atoms with Crippen molar-refractivity contribution in [3.8, 4) is 5.75 Å². The average Bonchev–Trinajstić information content (AvgIpc) is 2.34. The summed E-state index contributed by atoms with van der Waals surface area (Å²) >= 11 is 5.71. The van der Waals surface area contributed by atoms with Crippen molar-refractivity contribution >= 4 is 11.6 Å². The van der Waals surface area contributed by atoms with Crippen LogP contribution in [0.2, 0.25) is 0 Å². The Bertz CT molecular complexity index is 304. The maximum Gasteiger partial charge on any atom is 0.119 e. The number of hydrogen-bond donors (Lipinski definition) is 0. The van der Waals surface area contributed by atoms with Crippen molar-refractivity contribution in [2.75, 3.05) is 26.1 Å². The molecule has 0 N–H and O–H groups in total. The molecule has 0 saturated heterocycles. The normalized spacial score (nSPS) is 10.8. The molecule has 0 aliphatic carbocycles. The molecule has 0 aromatic heterocycles. The van der Waals surface area contributed by atoms with Gasteiger partial charge in [-0.1, -0.05) is 19.1 Å². The van der Waals surface area contributed by atoms with Crippen molar-refractivity contribution in [2.24, 2.45) is 0 Å². The van der Waals surface area contributed by atoms with Gasteiger partial charge in [0.05, 0.1) is 7.11 Å². The minimum absolute atomic E-state index is 0.731. The van der Waals surface area contributed by atoms with Crippen LogP contribution in [-0.4, -0.2) is 31.0 Å². The number of hydrogen-bond acceptors (Lipinski definition) is 2. The molecule has 0 amide bonds. The Hall–Kier alpha value is -0.730. The lowest BCUT2D eigenvalue weighted by molar-refractivity contribution is 0.280. The van der Waals surface area contributed by atoms with Crippen LogP contribution in [0.4, 0.5) is 0 Å². The van der Waals surface area contributed by atoms with E-state index in [2.05, 4.69) is 24.0 Å². The molecule has 0 atom stereocenters. The maximum atomic E-state index is 5.71. The zero-order valence-electron chi connectivity index (χ0n) is 10.1. The van der Waals surface area contributed by atoms with E-state index in [-0.39, 0.29) is 0 Å². The van der Waals surface area contributed by atoms with Crippen molar-refractivity contribution in [1.29, 1.82) is 0 Å². The highest BCUT2D eigenvalue weighted by Crippen LogP contribution is 2.14. The predicted octanol–water partition coefficient (Wildman–Crippen LogP) is 3.15. The SMILES string of the molecule is CCN(CCCCl)Cc1cccc(OC)c1. The molecule has 0 aliphatic rings. The summed E-state index contributed by atoms with van der Waals surface area (Å²) in [6, 6.07) is 8.22. The molecule has 0 saturated carbocycles. The molecule has 0 fully saturated rings. The summed E-state index contributed by atoms with van der Waals surface area (Å²) in [5, 5.41) is 0. The number of methoxy groups -OCH3 is 1. The minimum atomic E-state index is 0.731. The molecular formula is C13H20ClNO. The molecule has 3 heteroatoms. The Labute approximate surface area is 103 Å². The van der Waals surface area contributed by atoms with Crippen LogP contribution in [0.3, 0.4) is 0 Å². The van der Waals surface area contributed by atoms with Gasteiger partial charge >= 0.3 is 0 Å². The fourth-order valence-electron chi connectivity index (χ4n) is 1.66. The molecule has 0 spiro atoms. The lowest BCUT2D eigenvalue weighted by atomic mass is 10.2. The number of ether oxygens (including phenoxy) is 1. The predicted molar refractivity (Wildman–Crippen MR) is 69.3 cm³/mol. The quantitative estimate of drug-likeness (QED) is 0.680. The van der Waals surface area contributed by atoms with Gasteiger partial charge in [-0.15, -0.1) is 11.6 Å². The van der Waals surface area contributed by atoms with E-state index >= 15 is 0 Å². The third-order valence-electron chi connectivity index (χ3n) is 2.60. The molecule has 1 aromatic rings. The van der Waals surface area contributed by atoms with Gasteiger partial charge in [-0.3, -0.25) is 4.90 Å². The van der Waals surface area contributed by atoms with E-state index in [0.29, 0.717) is 0 Å². The first-order chi connectivity index (χ1) is 7.80. The standard InChI is InChI=1S/C13H20ClNO/c1-3-15(9-5-8-14)11-12-6-4-7-13(10-12)16-2/h4,6-7,10H,3,5,8-9,11H2,1-2H3. The summed E-state index contributed by atoms with van der Waals surface area (Å²) in [4.78, 5) is 2.39. The highest BCUT2D eigenvalue weighted by atomic mass is 35.5. The number of alkyl halides is 1. The Morgan fingerprint density at radius 3 is 2.81 bits per heavy atom. The zero-order chi connectivity index (χ0) is 11.8. The van der Waals surface area contributed by atoms with E-state index in [4.69, 9.17) is 16.3 Å². The Kier molecular flexibility index (Phi) is 6.27. The second-order valence-electron chi connectivity index (χ2n) is 3.76. The molecular weight excluding hydrogens is 222 g/mol. The van der Waals surface area contributed by atoms with E-state index < -0.39 is 0 Å². The number of halogens is 1. The van der Waals surface area contributed by atoms with Gasteiger partial charge in [0.15, 0.2) is 0 Å². The van der Waals surface area contributed by atoms with E-state index in [0.717, 1.165) is 37.7 Å². The molecule has 90 valence electrons. The van der Waals surface area contributed by atoms with Crippen molar-refractivity contribution in [2.45, 2.75) is 19.9 Å². The summed E-state index contributed by atoms with van der Waals surface area (Å²) in [6.45, 7) is 5.24. The summed E-state index contributed by atoms with van der Waals surface area (Å²) in [7, 11) is 1.70. The van der Waals surface area contributed by atoms with Crippen LogP contribution in [0.15, 0.2) is 24.3 Å². The van der Waals surface area contributed by atoms with E-state index in [1.54, 1.807) is 7.11 Å². The van der Waals surface area contributed by atoms with Crippen molar-refractivity contribution < 1.29 is 4.74 Å². The second kappa shape index (κ2) is 7.53. The van der Waals surface area contributed by atoms with Gasteiger partial charge in [0.1, 0.15) is 5.75 Å². The highest BCUT2D eigenvalue weighted by molar-refractivity contribution is 6.17. The van der Waals surface area contributed by atoms with Crippen LogP contribution in [0.25, 0.3) is 0 Å². The molecule has 0 bridgehead atoms. The van der Waals surface area contributed by atoms with Crippen LogP contribution in [0.5, 0.6) is 5.75 Å². The number of rotatable bonds is 7. The third kappa shape index (κ3) is 4.42. The van der Waals surface area contributed by atoms with Crippen molar-refractivity contribution in [3.63, 3.8) is 0 Å². The minimum Gasteiger partial charge on any atom is -0.497 e. The van der Waals surface area contributed by atoms with Gasteiger partial charge in [-0.05, 0) is 37.2 Å². The monoisotopic (exact) mass is 241 g/mol. The van der Waals surface area contributed by atoms with Gasteiger partial charge in [-0.2, -0.15) is 0 Å². The van der Waals surface area contributed by atoms with Crippen LogP contribution in [0.1, 0.15) is 18.9 Å². The van der Waals surface area contributed by atoms with Gasteiger partial charge in [0.2, 0.25) is 0 Å². The molecule has 0 heterocycles. The van der Waals surface area contributed by atoms with Gasteiger partial charge < -0.3 is 4.74 Å². The molecule has 2 nitrogen and oxygen atoms in total. The molecule has 1 rings (SSSR count). The van der Waals surface area contributed by atoms with E-state index in [9.17, 15) is 0 Å². The average molecular weight is 242 g/mol. The zero-order valence-corrected chi connectivity index (χ0v) is 10.8. The second-order valence-corrected chi connectivity index (χ2v) is 4.14. The summed E-state index contributed by atoms with van der Waals surface area (Å²) in [6.07, 6.45) is 1.04. The summed E-state index contributed by atoms with van der Waals surface area (Å²) in [5.74, 6) is 1.65. The van der Waals surface area contributed by atoms with Crippen molar-refractivity contribution in [3.05, 3.63) is 29.8 Å². The van der Waals surface area contributed by atoms with Crippen LogP contribution < -0.4 is 4.74 Å². The fourth-order valence-corrected chi connectivity index (χ4v) is 1.78. The first-order valence-corrected chi connectivity index (χ1v) is 6.24. The molecule has 0 unspecified atom stereocenters. The molecule has 0 aliphatic heterocycles. The molecule has 0 radical (unpaired) electrons. The van der Waals surface area contributed by atoms with Crippen molar-refractivity contribution in [1.82, 2.24) is 4.90 Å². The topological polar surface area (TPSA) is 12.5 Å². The third-order valence-corrected chi connectivity index (χ3v) is 2.86. The van der Waals surface area contributed by atoms with Gasteiger partial charge in [-0.25, -0.2) is 0 Å². The van der Waals surface area contributed by atoms with Gasteiger partial charge in [0, 0.05) is 12.4 Å². The lowest BCUT2D eigenvalue weighted by Crippen LogP contribution is -2.24. The maximum absolute atomic E-state index is 5.71. The molecule has 1 aromatic carbocycles.